The van der Waals surface area contributed by atoms with E-state index >= 15 is 0 Å². The van der Waals surface area contributed by atoms with Gasteiger partial charge in [-0.25, -0.2) is 0 Å². The molecule has 0 spiro atoms. The molecule has 1 heterocycles. The van der Waals surface area contributed by atoms with Crippen molar-refractivity contribution in [3.05, 3.63) is 46.3 Å². The van der Waals surface area contributed by atoms with Gasteiger partial charge in [-0.15, -0.1) is 11.3 Å². The fourth-order valence-corrected chi connectivity index (χ4v) is 3.45. The number of rotatable bonds is 3. The monoisotopic (exact) mass is 268 g/mol. The Bertz CT molecular complexity index is 506. The van der Waals surface area contributed by atoms with Crippen molar-refractivity contribution in [3.8, 4) is 0 Å². The lowest BCUT2D eigenvalue weighted by Gasteiger charge is -2.03. The highest BCUT2D eigenvalue weighted by atomic mass is 35.5. The van der Waals surface area contributed by atoms with Crippen molar-refractivity contribution < 1.29 is 4.79 Å². The van der Waals surface area contributed by atoms with Crippen molar-refractivity contribution in [1.82, 2.24) is 0 Å². The molecule has 0 aliphatic heterocycles. The van der Waals surface area contributed by atoms with Gasteiger partial charge in [0.2, 0.25) is 0 Å². The van der Waals surface area contributed by atoms with E-state index in [1.165, 1.54) is 11.1 Å². The lowest BCUT2D eigenvalue weighted by molar-refractivity contribution is 0.101. The Morgan fingerprint density at radius 2 is 2.19 bits per heavy atom. The molecule has 0 aliphatic rings. The molecule has 2 aromatic rings. The summed E-state index contributed by atoms with van der Waals surface area (Å²) in [4.78, 5) is 12.3. The number of halogens is 1. The number of carbonyl (C=O) groups is 1. The zero-order valence-corrected chi connectivity index (χ0v) is 11.0. The van der Waals surface area contributed by atoms with E-state index in [4.69, 9.17) is 11.6 Å². The maximum Gasteiger partial charge on any atom is 0.161 e. The van der Waals surface area contributed by atoms with Gasteiger partial charge in [0.25, 0.3) is 0 Å². The number of Topliss-reactive ketones (excluding diaryl/α,β-unsaturated/α-hetero) is 1. The molecule has 0 fully saturated rings. The molecule has 1 aromatic carbocycles. The molecule has 0 amide bonds. The quantitative estimate of drug-likeness (QED) is 0.747. The lowest BCUT2D eigenvalue weighted by atomic mass is 10.1. The fraction of sp³-hybridized carbons (Fsp3) is 0.0833. The van der Waals surface area contributed by atoms with Crippen LogP contribution in [0.3, 0.4) is 0 Å². The van der Waals surface area contributed by atoms with Gasteiger partial charge in [-0.05, 0) is 36.6 Å². The van der Waals surface area contributed by atoms with Crippen molar-refractivity contribution in [2.24, 2.45) is 0 Å². The van der Waals surface area contributed by atoms with Crippen LogP contribution in [-0.2, 0) is 0 Å². The van der Waals surface area contributed by atoms with Gasteiger partial charge < -0.3 is 0 Å². The summed E-state index contributed by atoms with van der Waals surface area (Å²) in [5, 5.41) is 2.56. The van der Waals surface area contributed by atoms with Gasteiger partial charge in [0.15, 0.2) is 5.78 Å². The van der Waals surface area contributed by atoms with Gasteiger partial charge in [-0.1, -0.05) is 29.4 Å². The average Bonchev–Trinajstić information content (AvgIpc) is 2.70. The van der Waals surface area contributed by atoms with E-state index in [9.17, 15) is 4.79 Å². The zero-order valence-electron chi connectivity index (χ0n) is 8.57. The number of thiophene rings is 1. The Hall–Kier alpha value is -0.770. The van der Waals surface area contributed by atoms with Crippen molar-refractivity contribution in [2.45, 2.75) is 16.0 Å². The molecule has 16 heavy (non-hydrogen) atoms. The van der Waals surface area contributed by atoms with E-state index in [-0.39, 0.29) is 5.78 Å². The summed E-state index contributed by atoms with van der Waals surface area (Å²) in [6.45, 7) is 1.52. The molecule has 0 bridgehead atoms. The van der Waals surface area contributed by atoms with Crippen molar-refractivity contribution in [3.63, 3.8) is 0 Å². The SMILES string of the molecule is CC(=O)c1ccc(Sc2cccs2)cc1Cl. The van der Waals surface area contributed by atoms with Crippen LogP contribution in [0.5, 0.6) is 0 Å². The largest absolute Gasteiger partial charge is 0.294 e. The molecule has 0 saturated heterocycles. The molecule has 1 nitrogen and oxygen atoms in total. The van der Waals surface area contributed by atoms with Crippen LogP contribution >= 0.6 is 34.7 Å². The van der Waals surface area contributed by atoms with Crippen LogP contribution in [0.15, 0.2) is 44.8 Å². The van der Waals surface area contributed by atoms with Crippen molar-refractivity contribution >= 4 is 40.5 Å². The highest BCUT2D eigenvalue weighted by Gasteiger charge is 2.07. The van der Waals surface area contributed by atoms with Crippen LogP contribution in [0.25, 0.3) is 0 Å². The van der Waals surface area contributed by atoms with Crippen LogP contribution in [0.1, 0.15) is 17.3 Å². The standard InChI is InChI=1S/C12H9ClOS2/c1-8(14)10-5-4-9(7-11(10)13)16-12-3-2-6-15-12/h2-7H,1H3. The average molecular weight is 269 g/mol. The van der Waals surface area contributed by atoms with Crippen molar-refractivity contribution in [2.75, 3.05) is 0 Å². The molecule has 0 N–H and O–H groups in total. The molecule has 0 atom stereocenters. The number of carbonyl (C=O) groups excluding carboxylic acids is 1. The summed E-state index contributed by atoms with van der Waals surface area (Å²) in [6, 6.07) is 9.61. The predicted molar refractivity (Wildman–Crippen MR) is 69.9 cm³/mol. The van der Waals surface area contributed by atoms with Gasteiger partial charge in [0.05, 0.1) is 9.23 Å². The van der Waals surface area contributed by atoms with Crippen LogP contribution in [0, 0.1) is 0 Å². The minimum atomic E-state index is -0.00215. The first-order chi connectivity index (χ1) is 7.66. The van der Waals surface area contributed by atoms with Crippen LogP contribution in [0.2, 0.25) is 5.02 Å². The third kappa shape index (κ3) is 2.67. The summed E-state index contributed by atoms with van der Waals surface area (Å²) < 4.78 is 1.21. The second-order valence-corrected chi connectivity index (χ2v) is 5.96. The van der Waals surface area contributed by atoms with Gasteiger partial charge >= 0.3 is 0 Å². The third-order valence-corrected chi connectivity index (χ3v) is 4.37. The third-order valence-electron chi connectivity index (χ3n) is 2.03. The molecule has 2 rings (SSSR count). The van der Waals surface area contributed by atoms with Gasteiger partial charge in [-0.2, -0.15) is 0 Å². The molecule has 82 valence electrons. The predicted octanol–water partition coefficient (Wildman–Crippen LogP) is 4.76. The van der Waals surface area contributed by atoms with Crippen LogP contribution in [-0.4, -0.2) is 5.78 Å². The highest BCUT2D eigenvalue weighted by molar-refractivity contribution is 8.01. The Morgan fingerprint density at radius 1 is 1.38 bits per heavy atom. The number of hydrogen-bond donors (Lipinski definition) is 0. The second-order valence-electron chi connectivity index (χ2n) is 3.23. The molecule has 0 unspecified atom stereocenters. The molecular formula is C12H9ClOS2. The Balaban J connectivity index is 2.24. The Kier molecular flexibility index (Phi) is 3.69. The summed E-state index contributed by atoms with van der Waals surface area (Å²) in [7, 11) is 0. The smallest absolute Gasteiger partial charge is 0.161 e. The van der Waals surface area contributed by atoms with Crippen LogP contribution in [0.4, 0.5) is 0 Å². The Labute approximate surface area is 107 Å². The molecule has 0 saturated carbocycles. The van der Waals surface area contributed by atoms with Gasteiger partial charge in [0, 0.05) is 10.5 Å². The van der Waals surface area contributed by atoms with Crippen LogP contribution < -0.4 is 0 Å². The first-order valence-corrected chi connectivity index (χ1v) is 6.76. The minimum absolute atomic E-state index is 0.00215. The van der Waals surface area contributed by atoms with E-state index < -0.39 is 0 Å². The van der Waals surface area contributed by atoms with Crippen molar-refractivity contribution in [1.29, 1.82) is 0 Å². The maximum atomic E-state index is 11.2. The Morgan fingerprint density at radius 3 is 2.75 bits per heavy atom. The topological polar surface area (TPSA) is 17.1 Å². The maximum absolute atomic E-state index is 11.2. The van der Waals surface area contributed by atoms with E-state index in [2.05, 4.69) is 6.07 Å². The lowest BCUT2D eigenvalue weighted by Crippen LogP contribution is -1.92. The fourth-order valence-electron chi connectivity index (χ4n) is 1.28. The highest BCUT2D eigenvalue weighted by Crippen LogP contribution is 2.33. The van der Waals surface area contributed by atoms with Gasteiger partial charge in [0.1, 0.15) is 0 Å². The van der Waals surface area contributed by atoms with E-state index in [0.29, 0.717) is 10.6 Å². The summed E-state index contributed by atoms with van der Waals surface area (Å²) in [5.41, 5.74) is 0.581. The normalized spacial score (nSPS) is 10.4. The molecule has 1 aromatic heterocycles. The van der Waals surface area contributed by atoms with E-state index in [1.807, 2.05) is 23.6 Å². The zero-order chi connectivity index (χ0) is 11.5. The van der Waals surface area contributed by atoms with E-state index in [0.717, 1.165) is 4.90 Å². The molecular weight excluding hydrogens is 260 g/mol. The molecule has 0 aliphatic carbocycles. The summed E-state index contributed by atoms with van der Waals surface area (Å²) in [5.74, 6) is -0.00215. The molecule has 0 radical (unpaired) electrons. The number of ketones is 1. The van der Waals surface area contributed by atoms with E-state index in [1.54, 1.807) is 29.2 Å². The number of benzene rings is 1. The summed E-state index contributed by atoms with van der Waals surface area (Å²) >= 11 is 9.37. The molecule has 4 heteroatoms. The number of hydrogen-bond acceptors (Lipinski definition) is 3. The second kappa shape index (κ2) is 5.04. The minimum Gasteiger partial charge on any atom is -0.294 e. The first kappa shape index (κ1) is 11.7. The van der Waals surface area contributed by atoms with Gasteiger partial charge in [-0.3, -0.25) is 4.79 Å². The first-order valence-electron chi connectivity index (χ1n) is 4.68. The summed E-state index contributed by atoms with van der Waals surface area (Å²) in [6.07, 6.45) is 0.